The van der Waals surface area contributed by atoms with E-state index in [1.54, 1.807) is 24.3 Å². The molecule has 0 aromatic heterocycles. The molecule has 0 aliphatic heterocycles. The van der Waals surface area contributed by atoms with Gasteiger partial charge >= 0.3 is 5.97 Å². The van der Waals surface area contributed by atoms with Crippen molar-refractivity contribution in [3.8, 4) is 5.75 Å². The van der Waals surface area contributed by atoms with E-state index in [2.05, 4.69) is 12.2 Å². The fraction of sp³-hybridized carbons (Fsp3) is 0.533. The zero-order chi connectivity index (χ0) is 13.7. The summed E-state index contributed by atoms with van der Waals surface area (Å²) < 4.78 is 5.56. The van der Waals surface area contributed by atoms with Crippen LogP contribution in [0.1, 0.15) is 36.5 Å². The van der Waals surface area contributed by atoms with Crippen LogP contribution in [0.2, 0.25) is 0 Å². The first-order valence-electron chi connectivity index (χ1n) is 6.84. The number of carboxylic acids is 1. The molecule has 19 heavy (non-hydrogen) atoms. The molecule has 0 heterocycles. The van der Waals surface area contributed by atoms with Crippen molar-refractivity contribution in [2.24, 2.45) is 5.92 Å². The zero-order valence-corrected chi connectivity index (χ0v) is 11.3. The van der Waals surface area contributed by atoms with Crippen LogP contribution in [0.3, 0.4) is 0 Å². The molecule has 0 bridgehead atoms. The summed E-state index contributed by atoms with van der Waals surface area (Å²) in [4.78, 5) is 10.7. The van der Waals surface area contributed by atoms with E-state index >= 15 is 0 Å². The van der Waals surface area contributed by atoms with Gasteiger partial charge in [-0.05, 0) is 43.5 Å². The standard InChI is InChI=1S/C15H21NO3/c1-11(10-12-2-3-12)16-8-9-19-14-6-4-13(5-7-14)15(17)18/h4-7,11-12,16H,2-3,8-10H2,1H3,(H,17,18). The van der Waals surface area contributed by atoms with E-state index < -0.39 is 5.97 Å². The highest BCUT2D eigenvalue weighted by Crippen LogP contribution is 2.33. The minimum atomic E-state index is -0.915. The quantitative estimate of drug-likeness (QED) is 0.708. The van der Waals surface area contributed by atoms with Crippen molar-refractivity contribution in [1.29, 1.82) is 0 Å². The van der Waals surface area contributed by atoms with E-state index in [4.69, 9.17) is 9.84 Å². The molecule has 1 atom stereocenters. The van der Waals surface area contributed by atoms with E-state index in [-0.39, 0.29) is 5.56 Å². The highest BCUT2D eigenvalue weighted by atomic mass is 16.5. The highest BCUT2D eigenvalue weighted by Gasteiger charge is 2.23. The number of carbonyl (C=O) groups is 1. The fourth-order valence-electron chi connectivity index (χ4n) is 2.10. The van der Waals surface area contributed by atoms with Crippen LogP contribution in [-0.4, -0.2) is 30.3 Å². The molecule has 1 aromatic rings. The summed E-state index contributed by atoms with van der Waals surface area (Å²) in [5.41, 5.74) is 0.281. The topological polar surface area (TPSA) is 58.6 Å². The Balaban J connectivity index is 1.63. The number of rotatable bonds is 8. The van der Waals surface area contributed by atoms with Crippen LogP contribution in [0.25, 0.3) is 0 Å². The van der Waals surface area contributed by atoms with Crippen molar-refractivity contribution in [3.05, 3.63) is 29.8 Å². The van der Waals surface area contributed by atoms with E-state index in [1.807, 2.05) is 0 Å². The minimum Gasteiger partial charge on any atom is -0.492 e. The van der Waals surface area contributed by atoms with Gasteiger partial charge in [0.25, 0.3) is 0 Å². The van der Waals surface area contributed by atoms with Crippen LogP contribution >= 0.6 is 0 Å². The Hall–Kier alpha value is -1.55. The SMILES string of the molecule is CC(CC1CC1)NCCOc1ccc(C(=O)O)cc1. The Morgan fingerprint density at radius 1 is 1.42 bits per heavy atom. The van der Waals surface area contributed by atoms with Gasteiger partial charge in [-0.1, -0.05) is 12.8 Å². The lowest BCUT2D eigenvalue weighted by Crippen LogP contribution is -2.30. The third-order valence-electron chi connectivity index (χ3n) is 3.35. The van der Waals surface area contributed by atoms with Crippen LogP contribution in [-0.2, 0) is 0 Å². The van der Waals surface area contributed by atoms with Crippen LogP contribution in [0.15, 0.2) is 24.3 Å². The van der Waals surface area contributed by atoms with Gasteiger partial charge in [-0.2, -0.15) is 0 Å². The van der Waals surface area contributed by atoms with E-state index in [0.29, 0.717) is 18.4 Å². The molecule has 0 saturated heterocycles. The number of aromatic carboxylic acids is 1. The van der Waals surface area contributed by atoms with Crippen molar-refractivity contribution >= 4 is 5.97 Å². The predicted octanol–water partition coefficient (Wildman–Crippen LogP) is 2.54. The van der Waals surface area contributed by atoms with Crippen molar-refractivity contribution < 1.29 is 14.6 Å². The van der Waals surface area contributed by atoms with Gasteiger partial charge < -0.3 is 15.2 Å². The average molecular weight is 263 g/mol. The maximum Gasteiger partial charge on any atom is 0.335 e. The molecule has 1 aromatic carbocycles. The maximum absolute atomic E-state index is 10.7. The molecule has 2 N–H and O–H groups in total. The molecular weight excluding hydrogens is 242 g/mol. The Morgan fingerprint density at radius 2 is 2.11 bits per heavy atom. The smallest absolute Gasteiger partial charge is 0.335 e. The average Bonchev–Trinajstić information content (AvgIpc) is 3.19. The minimum absolute atomic E-state index is 0.281. The Morgan fingerprint density at radius 3 is 2.68 bits per heavy atom. The second kappa shape index (κ2) is 6.57. The summed E-state index contributed by atoms with van der Waals surface area (Å²) in [5.74, 6) is 0.732. The molecule has 0 amide bonds. The van der Waals surface area contributed by atoms with Crippen molar-refractivity contribution in [2.75, 3.05) is 13.2 Å². The van der Waals surface area contributed by atoms with Crippen molar-refractivity contribution in [1.82, 2.24) is 5.32 Å². The lowest BCUT2D eigenvalue weighted by Gasteiger charge is -2.13. The zero-order valence-electron chi connectivity index (χ0n) is 11.3. The molecule has 104 valence electrons. The van der Waals surface area contributed by atoms with Gasteiger partial charge in [0, 0.05) is 12.6 Å². The number of carboxylic acid groups (broad SMARTS) is 1. The normalized spacial score (nSPS) is 16.1. The monoisotopic (exact) mass is 263 g/mol. The summed E-state index contributed by atoms with van der Waals surface area (Å²) >= 11 is 0. The molecule has 1 unspecified atom stereocenters. The number of hydrogen-bond donors (Lipinski definition) is 2. The maximum atomic E-state index is 10.7. The van der Waals surface area contributed by atoms with Crippen LogP contribution in [0, 0.1) is 5.92 Å². The number of ether oxygens (including phenoxy) is 1. The first-order chi connectivity index (χ1) is 9.15. The molecule has 1 aliphatic rings. The Kier molecular flexibility index (Phi) is 4.80. The number of nitrogens with one attached hydrogen (secondary N) is 1. The fourth-order valence-corrected chi connectivity index (χ4v) is 2.10. The second-order valence-corrected chi connectivity index (χ2v) is 5.21. The summed E-state index contributed by atoms with van der Waals surface area (Å²) in [5, 5.41) is 12.2. The lowest BCUT2D eigenvalue weighted by atomic mass is 10.1. The lowest BCUT2D eigenvalue weighted by molar-refractivity contribution is 0.0697. The summed E-state index contributed by atoms with van der Waals surface area (Å²) in [6.07, 6.45) is 4.03. The van der Waals surface area contributed by atoms with E-state index in [1.165, 1.54) is 19.3 Å². The molecule has 0 radical (unpaired) electrons. The molecule has 4 heteroatoms. The Bertz CT molecular complexity index is 412. The van der Waals surface area contributed by atoms with Gasteiger partial charge in [-0.25, -0.2) is 4.79 Å². The van der Waals surface area contributed by atoms with Gasteiger partial charge in [0.15, 0.2) is 0 Å². The van der Waals surface area contributed by atoms with Crippen molar-refractivity contribution in [3.63, 3.8) is 0 Å². The summed E-state index contributed by atoms with van der Waals surface area (Å²) in [7, 11) is 0. The molecular formula is C15H21NO3. The summed E-state index contributed by atoms with van der Waals surface area (Å²) in [6, 6.07) is 7.04. The molecule has 1 saturated carbocycles. The molecule has 4 nitrogen and oxygen atoms in total. The first-order valence-corrected chi connectivity index (χ1v) is 6.84. The largest absolute Gasteiger partial charge is 0.492 e. The molecule has 1 fully saturated rings. The van der Waals surface area contributed by atoms with Crippen molar-refractivity contribution in [2.45, 2.75) is 32.2 Å². The van der Waals surface area contributed by atoms with Gasteiger partial charge in [0.1, 0.15) is 12.4 Å². The third kappa shape index (κ3) is 4.91. The van der Waals surface area contributed by atoms with Crippen LogP contribution in [0.5, 0.6) is 5.75 Å². The van der Waals surface area contributed by atoms with Gasteiger partial charge in [0.2, 0.25) is 0 Å². The van der Waals surface area contributed by atoms with Crippen LogP contribution < -0.4 is 10.1 Å². The van der Waals surface area contributed by atoms with E-state index in [0.717, 1.165) is 12.5 Å². The van der Waals surface area contributed by atoms with Gasteiger partial charge in [0.05, 0.1) is 5.56 Å². The van der Waals surface area contributed by atoms with Crippen LogP contribution in [0.4, 0.5) is 0 Å². The summed E-state index contributed by atoms with van der Waals surface area (Å²) in [6.45, 7) is 3.62. The Labute approximate surface area is 113 Å². The molecule has 0 spiro atoms. The highest BCUT2D eigenvalue weighted by molar-refractivity contribution is 5.87. The van der Waals surface area contributed by atoms with Gasteiger partial charge in [-0.3, -0.25) is 0 Å². The third-order valence-corrected chi connectivity index (χ3v) is 3.35. The number of hydrogen-bond acceptors (Lipinski definition) is 3. The predicted molar refractivity (Wildman–Crippen MR) is 73.7 cm³/mol. The van der Waals surface area contributed by atoms with E-state index in [9.17, 15) is 4.79 Å². The molecule has 2 rings (SSSR count). The van der Waals surface area contributed by atoms with Gasteiger partial charge in [-0.15, -0.1) is 0 Å². The molecule has 1 aliphatic carbocycles. The number of benzene rings is 1. The second-order valence-electron chi connectivity index (χ2n) is 5.21. The first kappa shape index (κ1) is 13.9.